The van der Waals surface area contributed by atoms with E-state index in [0.717, 1.165) is 18.4 Å². The minimum absolute atomic E-state index is 0.0621. The normalized spacial score (nSPS) is 23.4. The Labute approximate surface area is 114 Å². The maximum Gasteiger partial charge on any atom is 0.257 e. The van der Waals surface area contributed by atoms with Gasteiger partial charge in [-0.2, -0.15) is 0 Å². The first-order valence-electron chi connectivity index (χ1n) is 6.83. The number of carbonyl (C=O) groups is 1. The van der Waals surface area contributed by atoms with Crippen LogP contribution in [0.2, 0.25) is 0 Å². The van der Waals surface area contributed by atoms with Crippen LogP contribution in [0.15, 0.2) is 18.2 Å². The molecule has 2 atom stereocenters. The van der Waals surface area contributed by atoms with Crippen molar-refractivity contribution < 1.29 is 9.90 Å². The molecule has 1 saturated heterocycles. The van der Waals surface area contributed by atoms with Crippen molar-refractivity contribution >= 4 is 5.91 Å². The number of nitrogens with zero attached hydrogens (tertiary/aromatic N) is 1. The van der Waals surface area contributed by atoms with E-state index in [1.54, 1.807) is 12.1 Å². The minimum Gasteiger partial charge on any atom is -0.507 e. The molecule has 2 unspecified atom stereocenters. The standard InChI is InChI=1S/C15H22N2O2/c1-10-3-6-13(14(18)7-10)15(19)17-9-12(8-16)5-4-11(17)2/h3,6-7,11-12,18H,4-5,8-9,16H2,1-2H3. The molecule has 0 aliphatic carbocycles. The number of phenolic OH excluding ortho intramolecular Hbond substituents is 1. The quantitative estimate of drug-likeness (QED) is 0.855. The van der Waals surface area contributed by atoms with E-state index in [9.17, 15) is 9.90 Å². The fourth-order valence-electron chi connectivity index (χ4n) is 2.63. The van der Waals surface area contributed by atoms with Crippen LogP contribution in [-0.4, -0.2) is 35.0 Å². The van der Waals surface area contributed by atoms with E-state index in [0.29, 0.717) is 24.6 Å². The lowest BCUT2D eigenvalue weighted by molar-refractivity contribution is 0.0564. The van der Waals surface area contributed by atoms with E-state index in [1.165, 1.54) is 0 Å². The number of aromatic hydroxyl groups is 1. The number of likely N-dealkylation sites (tertiary alicyclic amines) is 1. The third kappa shape index (κ3) is 2.89. The zero-order valence-electron chi connectivity index (χ0n) is 11.6. The average molecular weight is 262 g/mol. The van der Waals surface area contributed by atoms with Crippen molar-refractivity contribution in [3.63, 3.8) is 0 Å². The van der Waals surface area contributed by atoms with Gasteiger partial charge in [0, 0.05) is 12.6 Å². The Kier molecular flexibility index (Phi) is 4.10. The summed E-state index contributed by atoms with van der Waals surface area (Å²) in [6.45, 7) is 5.23. The third-order valence-corrected chi connectivity index (χ3v) is 3.96. The number of aryl methyl sites for hydroxylation is 1. The van der Waals surface area contributed by atoms with E-state index in [-0.39, 0.29) is 17.7 Å². The molecule has 0 bridgehead atoms. The molecule has 1 aliphatic rings. The Morgan fingerprint density at radius 3 is 2.84 bits per heavy atom. The molecule has 0 radical (unpaired) electrons. The highest BCUT2D eigenvalue weighted by molar-refractivity contribution is 5.97. The van der Waals surface area contributed by atoms with Crippen molar-refractivity contribution in [2.24, 2.45) is 11.7 Å². The Balaban J connectivity index is 2.22. The van der Waals surface area contributed by atoms with Gasteiger partial charge in [0.05, 0.1) is 5.56 Å². The van der Waals surface area contributed by atoms with Crippen molar-refractivity contribution in [3.8, 4) is 5.75 Å². The maximum absolute atomic E-state index is 12.5. The number of hydrogen-bond acceptors (Lipinski definition) is 3. The van der Waals surface area contributed by atoms with Gasteiger partial charge in [-0.1, -0.05) is 6.07 Å². The average Bonchev–Trinajstić information content (AvgIpc) is 2.38. The second kappa shape index (κ2) is 5.61. The highest BCUT2D eigenvalue weighted by Gasteiger charge is 2.29. The number of hydrogen-bond donors (Lipinski definition) is 2. The van der Waals surface area contributed by atoms with Crippen molar-refractivity contribution in [2.45, 2.75) is 32.7 Å². The molecule has 3 N–H and O–H groups in total. The van der Waals surface area contributed by atoms with Crippen LogP contribution >= 0.6 is 0 Å². The molecular weight excluding hydrogens is 240 g/mol. The van der Waals surface area contributed by atoms with Crippen LogP contribution in [0.3, 0.4) is 0 Å². The molecule has 1 fully saturated rings. The topological polar surface area (TPSA) is 66.6 Å². The Morgan fingerprint density at radius 1 is 1.47 bits per heavy atom. The summed E-state index contributed by atoms with van der Waals surface area (Å²) in [4.78, 5) is 14.4. The number of piperidine rings is 1. The Bertz CT molecular complexity index is 473. The summed E-state index contributed by atoms with van der Waals surface area (Å²) in [6, 6.07) is 5.38. The third-order valence-electron chi connectivity index (χ3n) is 3.96. The second-order valence-corrected chi connectivity index (χ2v) is 5.51. The van der Waals surface area contributed by atoms with Crippen molar-refractivity contribution in [1.29, 1.82) is 0 Å². The van der Waals surface area contributed by atoms with Gasteiger partial charge in [0.2, 0.25) is 0 Å². The van der Waals surface area contributed by atoms with E-state index in [1.807, 2.05) is 17.9 Å². The van der Waals surface area contributed by atoms with Crippen LogP contribution in [0.4, 0.5) is 0 Å². The predicted molar refractivity (Wildman–Crippen MR) is 75.1 cm³/mol. The summed E-state index contributed by atoms with van der Waals surface area (Å²) in [5.41, 5.74) is 7.04. The molecule has 0 spiro atoms. The van der Waals surface area contributed by atoms with Gasteiger partial charge >= 0.3 is 0 Å². The van der Waals surface area contributed by atoms with Gasteiger partial charge in [0.15, 0.2) is 0 Å². The molecule has 19 heavy (non-hydrogen) atoms. The second-order valence-electron chi connectivity index (χ2n) is 5.51. The molecule has 2 rings (SSSR count). The molecule has 1 heterocycles. The lowest BCUT2D eigenvalue weighted by Gasteiger charge is -2.37. The minimum atomic E-state index is -0.0943. The molecule has 1 aliphatic heterocycles. The van der Waals surface area contributed by atoms with Crippen LogP contribution in [0, 0.1) is 12.8 Å². The molecular formula is C15H22N2O2. The van der Waals surface area contributed by atoms with Gasteiger partial charge in [-0.05, 0) is 56.8 Å². The largest absolute Gasteiger partial charge is 0.507 e. The van der Waals surface area contributed by atoms with Gasteiger partial charge in [0.25, 0.3) is 5.91 Å². The number of rotatable bonds is 2. The fourth-order valence-corrected chi connectivity index (χ4v) is 2.63. The lowest BCUT2D eigenvalue weighted by Crippen LogP contribution is -2.47. The molecule has 4 nitrogen and oxygen atoms in total. The van der Waals surface area contributed by atoms with E-state index < -0.39 is 0 Å². The molecule has 0 saturated carbocycles. The number of phenols is 1. The zero-order valence-corrected chi connectivity index (χ0v) is 11.6. The number of carbonyl (C=O) groups excluding carboxylic acids is 1. The number of nitrogens with two attached hydrogens (primary N) is 1. The van der Waals surface area contributed by atoms with Gasteiger partial charge in [-0.25, -0.2) is 0 Å². The van der Waals surface area contributed by atoms with E-state index >= 15 is 0 Å². The SMILES string of the molecule is Cc1ccc(C(=O)N2CC(CN)CCC2C)c(O)c1. The van der Waals surface area contributed by atoms with E-state index in [2.05, 4.69) is 6.92 Å². The van der Waals surface area contributed by atoms with Gasteiger partial charge in [-0.3, -0.25) is 4.79 Å². The van der Waals surface area contributed by atoms with Crippen LogP contribution in [0.5, 0.6) is 5.75 Å². The fraction of sp³-hybridized carbons (Fsp3) is 0.533. The number of amides is 1. The Hall–Kier alpha value is -1.55. The molecule has 1 aromatic carbocycles. The van der Waals surface area contributed by atoms with Crippen LogP contribution in [0.1, 0.15) is 35.7 Å². The summed E-state index contributed by atoms with van der Waals surface area (Å²) < 4.78 is 0. The molecule has 104 valence electrons. The summed E-state index contributed by atoms with van der Waals surface area (Å²) in [5.74, 6) is 0.336. The molecule has 1 aromatic rings. The number of benzene rings is 1. The Morgan fingerprint density at radius 2 is 2.21 bits per heavy atom. The van der Waals surface area contributed by atoms with Crippen molar-refractivity contribution in [3.05, 3.63) is 29.3 Å². The van der Waals surface area contributed by atoms with Crippen LogP contribution in [0.25, 0.3) is 0 Å². The smallest absolute Gasteiger partial charge is 0.257 e. The summed E-state index contributed by atoms with van der Waals surface area (Å²) in [5, 5.41) is 9.93. The molecule has 0 aromatic heterocycles. The highest BCUT2D eigenvalue weighted by Crippen LogP contribution is 2.26. The van der Waals surface area contributed by atoms with Crippen LogP contribution < -0.4 is 5.73 Å². The van der Waals surface area contributed by atoms with Crippen molar-refractivity contribution in [1.82, 2.24) is 4.90 Å². The highest BCUT2D eigenvalue weighted by atomic mass is 16.3. The zero-order chi connectivity index (χ0) is 14.0. The van der Waals surface area contributed by atoms with Gasteiger partial charge in [-0.15, -0.1) is 0 Å². The van der Waals surface area contributed by atoms with Gasteiger partial charge in [0.1, 0.15) is 5.75 Å². The van der Waals surface area contributed by atoms with E-state index in [4.69, 9.17) is 5.73 Å². The summed E-state index contributed by atoms with van der Waals surface area (Å²) >= 11 is 0. The van der Waals surface area contributed by atoms with Crippen LogP contribution in [-0.2, 0) is 0 Å². The maximum atomic E-state index is 12.5. The summed E-state index contributed by atoms with van der Waals surface area (Å²) in [6.07, 6.45) is 2.04. The molecule has 4 heteroatoms. The predicted octanol–water partition coefficient (Wildman–Crippen LogP) is 1.90. The first kappa shape index (κ1) is 13.9. The van der Waals surface area contributed by atoms with Gasteiger partial charge < -0.3 is 15.7 Å². The first-order chi connectivity index (χ1) is 9.02. The van der Waals surface area contributed by atoms with Crippen molar-refractivity contribution in [2.75, 3.05) is 13.1 Å². The molecule has 1 amide bonds. The summed E-state index contributed by atoms with van der Waals surface area (Å²) in [7, 11) is 0. The monoisotopic (exact) mass is 262 g/mol. The lowest BCUT2D eigenvalue weighted by atomic mass is 9.93. The first-order valence-corrected chi connectivity index (χ1v) is 6.83.